The maximum absolute atomic E-state index is 11.7. The van der Waals surface area contributed by atoms with Gasteiger partial charge < -0.3 is 5.32 Å². The van der Waals surface area contributed by atoms with Crippen molar-refractivity contribution in [3.8, 4) is 0 Å². The molecule has 1 aliphatic rings. The summed E-state index contributed by atoms with van der Waals surface area (Å²) < 4.78 is 24.1. The summed E-state index contributed by atoms with van der Waals surface area (Å²) in [6.45, 7) is 3.34. The predicted octanol–water partition coefficient (Wildman–Crippen LogP) is -1.59. The Kier molecular flexibility index (Phi) is 5.27. The fourth-order valence-corrected chi connectivity index (χ4v) is 2.69. The van der Waals surface area contributed by atoms with Crippen LogP contribution in [0.1, 0.15) is 6.92 Å². The van der Waals surface area contributed by atoms with Crippen molar-refractivity contribution in [2.45, 2.75) is 13.0 Å². The topological polar surface area (TPSA) is 98.8 Å². The number of hydrogen-bond donors (Lipinski definition) is 2. The second-order valence-electron chi connectivity index (χ2n) is 4.44. The summed E-state index contributed by atoms with van der Waals surface area (Å²) in [5.74, 6) is -0.396. The maximum atomic E-state index is 11.7. The lowest BCUT2D eigenvalue weighted by molar-refractivity contribution is -0.125. The number of nitrogens with one attached hydrogen (secondary N) is 2. The number of piperazine rings is 1. The highest BCUT2D eigenvalue weighted by atomic mass is 32.2. The van der Waals surface area contributed by atoms with E-state index >= 15 is 0 Å². The van der Waals surface area contributed by atoms with E-state index in [2.05, 4.69) is 10.6 Å². The van der Waals surface area contributed by atoms with E-state index in [4.69, 9.17) is 0 Å². The lowest BCUT2D eigenvalue weighted by Gasteiger charge is -2.36. The highest BCUT2D eigenvalue weighted by Crippen LogP contribution is 2.09. The molecule has 19 heavy (non-hydrogen) atoms. The van der Waals surface area contributed by atoms with Gasteiger partial charge in [0.2, 0.25) is 15.9 Å². The van der Waals surface area contributed by atoms with Gasteiger partial charge in [-0.3, -0.25) is 15.0 Å². The highest BCUT2D eigenvalue weighted by molar-refractivity contribution is 7.88. The Morgan fingerprint density at radius 1 is 1.16 bits per heavy atom. The SMILES string of the molecule is CNC(=O)NC(=O)C(C)N1CCN(S(C)(=O)=O)CC1. The van der Waals surface area contributed by atoms with Gasteiger partial charge in [0.1, 0.15) is 0 Å². The third kappa shape index (κ3) is 4.44. The summed E-state index contributed by atoms with van der Waals surface area (Å²) in [7, 11) is -1.75. The predicted molar refractivity (Wildman–Crippen MR) is 70.1 cm³/mol. The smallest absolute Gasteiger partial charge is 0.321 e. The first-order valence-corrected chi connectivity index (χ1v) is 7.82. The van der Waals surface area contributed by atoms with Crippen molar-refractivity contribution in [1.82, 2.24) is 19.8 Å². The summed E-state index contributed by atoms with van der Waals surface area (Å²) in [5, 5.41) is 4.51. The maximum Gasteiger partial charge on any atom is 0.321 e. The first kappa shape index (κ1) is 15.9. The van der Waals surface area contributed by atoms with Crippen LogP contribution in [0.5, 0.6) is 0 Å². The molecule has 1 atom stereocenters. The fourth-order valence-electron chi connectivity index (χ4n) is 1.87. The molecule has 0 saturated carbocycles. The van der Waals surface area contributed by atoms with Crippen LogP contribution in [-0.4, -0.2) is 75.1 Å². The third-order valence-electron chi connectivity index (χ3n) is 3.13. The average molecular weight is 292 g/mol. The molecule has 1 unspecified atom stereocenters. The van der Waals surface area contributed by atoms with E-state index in [1.54, 1.807) is 6.92 Å². The minimum atomic E-state index is -3.18. The van der Waals surface area contributed by atoms with Gasteiger partial charge in [-0.25, -0.2) is 13.2 Å². The zero-order chi connectivity index (χ0) is 14.6. The molecule has 110 valence electrons. The molecular formula is C10H20N4O4S. The molecule has 0 bridgehead atoms. The molecule has 1 saturated heterocycles. The lowest BCUT2D eigenvalue weighted by Crippen LogP contribution is -2.55. The molecule has 0 aromatic rings. The molecule has 0 aliphatic carbocycles. The summed E-state index contributed by atoms with van der Waals surface area (Å²) in [6, 6.07) is -1.02. The van der Waals surface area contributed by atoms with Gasteiger partial charge in [0.05, 0.1) is 12.3 Å². The van der Waals surface area contributed by atoms with Crippen LogP contribution < -0.4 is 10.6 Å². The van der Waals surface area contributed by atoms with Gasteiger partial charge >= 0.3 is 6.03 Å². The van der Waals surface area contributed by atoms with Crippen molar-refractivity contribution in [3.05, 3.63) is 0 Å². The number of nitrogens with zero attached hydrogens (tertiary/aromatic N) is 2. The van der Waals surface area contributed by atoms with Gasteiger partial charge in [-0.05, 0) is 6.92 Å². The number of carbonyl (C=O) groups excluding carboxylic acids is 2. The minimum Gasteiger partial charge on any atom is -0.341 e. The number of urea groups is 1. The Bertz CT molecular complexity index is 442. The zero-order valence-electron chi connectivity index (χ0n) is 11.3. The van der Waals surface area contributed by atoms with Crippen molar-refractivity contribution in [3.63, 3.8) is 0 Å². The standard InChI is InChI=1S/C10H20N4O4S/c1-8(9(15)12-10(16)11-2)13-4-6-14(7-5-13)19(3,17)18/h8H,4-7H2,1-3H3,(H2,11,12,15,16). The quantitative estimate of drug-likeness (QED) is 0.653. The van der Waals surface area contributed by atoms with Crippen LogP contribution in [0.4, 0.5) is 4.79 Å². The van der Waals surface area contributed by atoms with E-state index in [9.17, 15) is 18.0 Å². The second-order valence-corrected chi connectivity index (χ2v) is 6.42. The third-order valence-corrected chi connectivity index (χ3v) is 4.44. The molecule has 8 nitrogen and oxygen atoms in total. The number of rotatable bonds is 3. The first-order valence-electron chi connectivity index (χ1n) is 5.97. The van der Waals surface area contributed by atoms with Gasteiger partial charge in [-0.2, -0.15) is 4.31 Å². The molecule has 9 heteroatoms. The number of hydrogen-bond acceptors (Lipinski definition) is 5. The Labute approximate surface area is 113 Å². The normalized spacial score (nSPS) is 19.7. The minimum absolute atomic E-state index is 0.358. The lowest BCUT2D eigenvalue weighted by atomic mass is 10.2. The Balaban J connectivity index is 2.51. The summed E-state index contributed by atoms with van der Waals surface area (Å²) in [4.78, 5) is 24.6. The van der Waals surface area contributed by atoms with Gasteiger partial charge in [-0.1, -0.05) is 0 Å². The molecule has 0 radical (unpaired) electrons. The number of carbonyl (C=O) groups is 2. The van der Waals surface area contributed by atoms with Gasteiger partial charge in [0.25, 0.3) is 0 Å². The summed E-state index contributed by atoms with van der Waals surface area (Å²) in [6.07, 6.45) is 1.17. The van der Waals surface area contributed by atoms with Gasteiger partial charge in [0, 0.05) is 33.2 Å². The van der Waals surface area contributed by atoms with Crippen LogP contribution in [0.15, 0.2) is 0 Å². The van der Waals surface area contributed by atoms with Crippen LogP contribution >= 0.6 is 0 Å². The molecule has 0 aromatic heterocycles. The molecule has 1 fully saturated rings. The van der Waals surface area contributed by atoms with E-state index < -0.39 is 28.0 Å². The molecular weight excluding hydrogens is 272 g/mol. The largest absolute Gasteiger partial charge is 0.341 e. The Hall–Kier alpha value is -1.19. The van der Waals surface area contributed by atoms with Crippen molar-refractivity contribution in [2.75, 3.05) is 39.5 Å². The van der Waals surface area contributed by atoms with Crippen molar-refractivity contribution in [2.24, 2.45) is 0 Å². The van der Waals surface area contributed by atoms with Crippen LogP contribution in [-0.2, 0) is 14.8 Å². The number of imide groups is 1. The van der Waals surface area contributed by atoms with E-state index in [0.29, 0.717) is 26.2 Å². The molecule has 0 aromatic carbocycles. The van der Waals surface area contributed by atoms with Gasteiger partial charge in [0.15, 0.2) is 0 Å². The molecule has 3 amide bonds. The van der Waals surface area contributed by atoms with E-state index in [-0.39, 0.29) is 0 Å². The van der Waals surface area contributed by atoms with E-state index in [1.165, 1.54) is 17.6 Å². The van der Waals surface area contributed by atoms with Crippen molar-refractivity contribution in [1.29, 1.82) is 0 Å². The van der Waals surface area contributed by atoms with Gasteiger partial charge in [-0.15, -0.1) is 0 Å². The highest BCUT2D eigenvalue weighted by Gasteiger charge is 2.29. The van der Waals surface area contributed by atoms with E-state index in [1.807, 2.05) is 4.90 Å². The molecule has 1 rings (SSSR count). The van der Waals surface area contributed by atoms with E-state index in [0.717, 1.165) is 0 Å². The molecule has 0 spiro atoms. The summed E-state index contributed by atoms with van der Waals surface area (Å²) in [5.41, 5.74) is 0. The average Bonchev–Trinajstić information content (AvgIpc) is 2.36. The zero-order valence-corrected chi connectivity index (χ0v) is 12.2. The van der Waals surface area contributed by atoms with Crippen molar-refractivity contribution >= 4 is 22.0 Å². The Morgan fingerprint density at radius 3 is 2.11 bits per heavy atom. The fraction of sp³-hybridized carbons (Fsp3) is 0.800. The molecule has 1 heterocycles. The molecule has 1 aliphatic heterocycles. The first-order chi connectivity index (χ1) is 8.75. The molecule has 2 N–H and O–H groups in total. The summed E-state index contributed by atoms with van der Waals surface area (Å²) >= 11 is 0. The number of sulfonamides is 1. The Morgan fingerprint density at radius 2 is 1.68 bits per heavy atom. The van der Waals surface area contributed by atoms with Crippen LogP contribution in [0.2, 0.25) is 0 Å². The second kappa shape index (κ2) is 6.31. The number of amides is 3. The van der Waals surface area contributed by atoms with Crippen LogP contribution in [0.25, 0.3) is 0 Å². The monoisotopic (exact) mass is 292 g/mol. The van der Waals surface area contributed by atoms with Crippen molar-refractivity contribution < 1.29 is 18.0 Å². The van der Waals surface area contributed by atoms with Crippen LogP contribution in [0, 0.1) is 0 Å². The van der Waals surface area contributed by atoms with Crippen LogP contribution in [0.3, 0.4) is 0 Å².